The topological polar surface area (TPSA) is 59.8 Å². The van der Waals surface area contributed by atoms with Gasteiger partial charge in [0.25, 0.3) is 0 Å². The Labute approximate surface area is 197 Å². The number of unbranched alkanes of at least 4 members (excludes halogenated alkanes) is 3. The van der Waals surface area contributed by atoms with Crippen LogP contribution in [0.2, 0.25) is 5.02 Å². The molecule has 0 aliphatic heterocycles. The summed E-state index contributed by atoms with van der Waals surface area (Å²) in [6.45, 7) is 4.43. The van der Waals surface area contributed by atoms with Crippen molar-refractivity contribution in [2.24, 2.45) is 0 Å². The molecule has 0 spiro atoms. The van der Waals surface area contributed by atoms with Crippen molar-refractivity contribution in [1.82, 2.24) is 20.1 Å². The van der Waals surface area contributed by atoms with E-state index in [-0.39, 0.29) is 18.3 Å². The summed E-state index contributed by atoms with van der Waals surface area (Å²) in [5.41, 5.74) is 2.87. The summed E-state index contributed by atoms with van der Waals surface area (Å²) < 4.78 is 15.1. The molecule has 0 aliphatic rings. The number of halogens is 2. The molecule has 0 radical (unpaired) electrons. The molecule has 1 N–H and O–H groups in total. The molecule has 32 heavy (non-hydrogen) atoms. The number of carbonyl (C=O) groups excluding carboxylic acids is 1. The van der Waals surface area contributed by atoms with Gasteiger partial charge in [0.15, 0.2) is 11.0 Å². The first-order valence-corrected chi connectivity index (χ1v) is 12.2. The van der Waals surface area contributed by atoms with Crippen molar-refractivity contribution in [2.75, 3.05) is 0 Å². The summed E-state index contributed by atoms with van der Waals surface area (Å²) in [5.74, 6) is 1.00. The number of nitrogens with zero attached hydrogens (tertiary/aromatic N) is 3. The first-order chi connectivity index (χ1) is 15.5. The molecule has 1 amide bonds. The van der Waals surface area contributed by atoms with E-state index < -0.39 is 0 Å². The van der Waals surface area contributed by atoms with Gasteiger partial charge >= 0.3 is 0 Å². The van der Waals surface area contributed by atoms with Crippen LogP contribution in [0.4, 0.5) is 4.39 Å². The number of amides is 1. The molecular weight excluding hydrogens is 447 g/mol. The van der Waals surface area contributed by atoms with E-state index in [9.17, 15) is 9.18 Å². The monoisotopic (exact) mass is 474 g/mol. The van der Waals surface area contributed by atoms with Crippen molar-refractivity contribution in [3.05, 3.63) is 70.3 Å². The number of thioether (sulfide) groups is 1. The SMILES string of the molecule is CCCCCCC(=O)NCc1nnc(SCc2ccc(F)cc2)n1-c1cc(Cl)ccc1C. The fraction of sp³-hybridized carbons (Fsp3) is 0.375. The molecular formula is C24H28ClFN4OS. The van der Waals surface area contributed by atoms with Crippen molar-refractivity contribution in [3.8, 4) is 5.69 Å². The molecule has 3 rings (SSSR count). The van der Waals surface area contributed by atoms with E-state index in [4.69, 9.17) is 11.6 Å². The molecule has 0 saturated heterocycles. The number of hydrogen-bond donors (Lipinski definition) is 1. The Hall–Kier alpha value is -2.38. The van der Waals surface area contributed by atoms with Gasteiger partial charge in [-0.15, -0.1) is 10.2 Å². The Balaban J connectivity index is 1.78. The standard InChI is InChI=1S/C24H28ClFN4OS/c1-3-4-5-6-7-23(31)27-15-22-28-29-24(32-16-18-9-12-20(26)13-10-18)30(22)21-14-19(25)11-8-17(21)2/h8-14H,3-7,15-16H2,1-2H3,(H,27,31). The van der Waals surface area contributed by atoms with Crippen LogP contribution < -0.4 is 5.32 Å². The highest BCUT2D eigenvalue weighted by Crippen LogP contribution is 2.28. The van der Waals surface area contributed by atoms with E-state index in [0.717, 1.165) is 42.5 Å². The van der Waals surface area contributed by atoms with Gasteiger partial charge in [-0.25, -0.2) is 4.39 Å². The van der Waals surface area contributed by atoms with Crippen LogP contribution in [0, 0.1) is 12.7 Å². The minimum Gasteiger partial charge on any atom is -0.349 e. The number of benzene rings is 2. The average molecular weight is 475 g/mol. The number of aryl methyl sites for hydroxylation is 1. The second-order valence-electron chi connectivity index (χ2n) is 7.67. The van der Waals surface area contributed by atoms with Gasteiger partial charge in [0.05, 0.1) is 12.2 Å². The van der Waals surface area contributed by atoms with Crippen molar-refractivity contribution in [3.63, 3.8) is 0 Å². The van der Waals surface area contributed by atoms with Gasteiger partial charge in [0.2, 0.25) is 5.91 Å². The van der Waals surface area contributed by atoms with Crippen LogP contribution in [0.25, 0.3) is 5.69 Å². The molecule has 8 heteroatoms. The third-order valence-electron chi connectivity index (χ3n) is 5.09. The van der Waals surface area contributed by atoms with E-state index in [0.29, 0.717) is 28.2 Å². The van der Waals surface area contributed by atoms with Crippen LogP contribution >= 0.6 is 23.4 Å². The van der Waals surface area contributed by atoms with Crippen LogP contribution in [0.15, 0.2) is 47.6 Å². The second kappa shape index (κ2) is 12.0. The molecule has 0 fully saturated rings. The van der Waals surface area contributed by atoms with Crippen molar-refractivity contribution in [2.45, 2.75) is 63.4 Å². The number of hydrogen-bond acceptors (Lipinski definition) is 4. The van der Waals surface area contributed by atoms with Crippen LogP contribution in [-0.4, -0.2) is 20.7 Å². The molecule has 0 aliphatic carbocycles. The van der Waals surface area contributed by atoms with Gasteiger partial charge in [0.1, 0.15) is 5.82 Å². The summed E-state index contributed by atoms with van der Waals surface area (Å²) >= 11 is 7.77. The number of rotatable bonds is 11. The largest absolute Gasteiger partial charge is 0.349 e. The van der Waals surface area contributed by atoms with Crippen molar-refractivity contribution >= 4 is 29.3 Å². The Bertz CT molecular complexity index is 1040. The fourth-order valence-corrected chi connectivity index (χ4v) is 4.37. The minimum absolute atomic E-state index is 0.0129. The highest BCUT2D eigenvalue weighted by Gasteiger charge is 2.17. The summed E-state index contributed by atoms with van der Waals surface area (Å²) in [6.07, 6.45) is 4.74. The van der Waals surface area contributed by atoms with Crippen LogP contribution in [0.5, 0.6) is 0 Å². The Morgan fingerprint density at radius 2 is 1.91 bits per heavy atom. The van der Waals surface area contributed by atoms with E-state index in [2.05, 4.69) is 22.4 Å². The summed E-state index contributed by atoms with van der Waals surface area (Å²) in [4.78, 5) is 12.3. The van der Waals surface area contributed by atoms with Gasteiger partial charge < -0.3 is 5.32 Å². The second-order valence-corrected chi connectivity index (χ2v) is 9.05. The van der Waals surface area contributed by atoms with E-state index >= 15 is 0 Å². The summed E-state index contributed by atoms with van der Waals surface area (Å²) in [5, 5.41) is 13.0. The smallest absolute Gasteiger partial charge is 0.220 e. The van der Waals surface area contributed by atoms with Gasteiger partial charge in [-0.2, -0.15) is 0 Å². The first kappa shape index (κ1) is 24.3. The van der Waals surface area contributed by atoms with Gasteiger partial charge in [-0.05, 0) is 48.7 Å². The Kier molecular flexibility index (Phi) is 9.11. The van der Waals surface area contributed by atoms with Crippen molar-refractivity contribution in [1.29, 1.82) is 0 Å². The van der Waals surface area contributed by atoms with E-state index in [1.165, 1.54) is 23.9 Å². The predicted molar refractivity (Wildman–Crippen MR) is 128 cm³/mol. The lowest BCUT2D eigenvalue weighted by molar-refractivity contribution is -0.121. The number of carbonyl (C=O) groups is 1. The van der Waals surface area contributed by atoms with Crippen molar-refractivity contribution < 1.29 is 9.18 Å². The zero-order chi connectivity index (χ0) is 22.9. The Morgan fingerprint density at radius 1 is 1.12 bits per heavy atom. The lowest BCUT2D eigenvalue weighted by Gasteiger charge is -2.14. The molecule has 0 bridgehead atoms. The fourth-order valence-electron chi connectivity index (χ4n) is 3.28. The van der Waals surface area contributed by atoms with Gasteiger partial charge in [-0.3, -0.25) is 9.36 Å². The molecule has 170 valence electrons. The molecule has 0 atom stereocenters. The highest BCUT2D eigenvalue weighted by molar-refractivity contribution is 7.98. The molecule has 0 unspecified atom stereocenters. The lowest BCUT2D eigenvalue weighted by atomic mass is 10.1. The molecule has 5 nitrogen and oxygen atoms in total. The third-order valence-corrected chi connectivity index (χ3v) is 6.33. The maximum atomic E-state index is 13.2. The summed E-state index contributed by atoms with van der Waals surface area (Å²) in [7, 11) is 0. The highest BCUT2D eigenvalue weighted by atomic mass is 35.5. The van der Waals surface area contributed by atoms with Gasteiger partial charge in [0, 0.05) is 17.2 Å². The average Bonchev–Trinajstić information content (AvgIpc) is 3.19. The molecule has 0 saturated carbocycles. The van der Waals surface area contributed by atoms with E-state index in [1.54, 1.807) is 12.1 Å². The number of aromatic nitrogens is 3. The molecule has 3 aromatic rings. The van der Waals surface area contributed by atoms with Crippen LogP contribution in [0.3, 0.4) is 0 Å². The third kappa shape index (κ3) is 6.81. The van der Waals surface area contributed by atoms with Gasteiger partial charge in [-0.1, -0.05) is 67.7 Å². The maximum absolute atomic E-state index is 13.2. The maximum Gasteiger partial charge on any atom is 0.220 e. The van der Waals surface area contributed by atoms with E-state index in [1.807, 2.05) is 29.7 Å². The zero-order valence-corrected chi connectivity index (χ0v) is 20.0. The zero-order valence-electron chi connectivity index (χ0n) is 18.4. The normalized spacial score (nSPS) is 11.0. The Morgan fingerprint density at radius 3 is 2.66 bits per heavy atom. The van der Waals surface area contributed by atoms with Crippen LogP contribution in [0.1, 0.15) is 56.0 Å². The molecule has 2 aromatic carbocycles. The number of nitrogens with one attached hydrogen (secondary N) is 1. The lowest BCUT2D eigenvalue weighted by Crippen LogP contribution is -2.24. The first-order valence-electron chi connectivity index (χ1n) is 10.8. The predicted octanol–water partition coefficient (Wildman–Crippen LogP) is 6.25. The van der Waals surface area contributed by atoms with Crippen LogP contribution in [-0.2, 0) is 17.1 Å². The minimum atomic E-state index is -0.260. The molecule has 1 aromatic heterocycles. The quantitative estimate of drug-likeness (QED) is 0.263. The molecule has 1 heterocycles. The summed E-state index contributed by atoms with van der Waals surface area (Å²) in [6, 6.07) is 12.1.